The standard InChI is InChI=1S/C17H16BrNO5/c1-22-13-7-12(8-14(23-2)15(13)18)17(21)24-9-10-3-5-11(6-4-10)16(19)20/h3-8H,9H2,1-2H3,(H2,19,20). The molecule has 7 heteroatoms. The zero-order valence-electron chi connectivity index (χ0n) is 13.2. The highest BCUT2D eigenvalue weighted by molar-refractivity contribution is 9.10. The smallest absolute Gasteiger partial charge is 0.338 e. The average molecular weight is 394 g/mol. The molecule has 0 spiro atoms. The second kappa shape index (κ2) is 7.83. The van der Waals surface area contributed by atoms with Crippen LogP contribution in [0.5, 0.6) is 11.5 Å². The van der Waals surface area contributed by atoms with Crippen LogP contribution in [0.25, 0.3) is 0 Å². The quantitative estimate of drug-likeness (QED) is 0.762. The fourth-order valence-electron chi connectivity index (χ4n) is 1.98. The average Bonchev–Trinajstić information content (AvgIpc) is 2.60. The van der Waals surface area contributed by atoms with Gasteiger partial charge in [-0.15, -0.1) is 0 Å². The van der Waals surface area contributed by atoms with Gasteiger partial charge in [-0.25, -0.2) is 4.79 Å². The maximum absolute atomic E-state index is 12.2. The topological polar surface area (TPSA) is 87.9 Å². The van der Waals surface area contributed by atoms with Gasteiger partial charge < -0.3 is 19.9 Å². The van der Waals surface area contributed by atoms with Gasteiger partial charge >= 0.3 is 5.97 Å². The Kier molecular flexibility index (Phi) is 5.81. The SMILES string of the molecule is COc1cc(C(=O)OCc2ccc(C(N)=O)cc2)cc(OC)c1Br. The third-order valence-electron chi connectivity index (χ3n) is 3.29. The zero-order chi connectivity index (χ0) is 17.7. The van der Waals surface area contributed by atoms with E-state index in [1.54, 1.807) is 36.4 Å². The Morgan fingerprint density at radius 2 is 1.54 bits per heavy atom. The fourth-order valence-corrected chi connectivity index (χ4v) is 2.54. The molecule has 0 unspecified atom stereocenters. The lowest BCUT2D eigenvalue weighted by molar-refractivity contribution is 0.0471. The molecule has 2 rings (SSSR count). The minimum Gasteiger partial charge on any atom is -0.495 e. The van der Waals surface area contributed by atoms with E-state index in [0.717, 1.165) is 5.56 Å². The molecule has 1 amide bonds. The Morgan fingerprint density at radius 3 is 2.00 bits per heavy atom. The Morgan fingerprint density at radius 1 is 1.00 bits per heavy atom. The van der Waals surface area contributed by atoms with E-state index < -0.39 is 11.9 Å². The number of hydrogen-bond donors (Lipinski definition) is 1. The summed E-state index contributed by atoms with van der Waals surface area (Å²) in [5.74, 6) is -0.0927. The lowest BCUT2D eigenvalue weighted by Gasteiger charge is -2.11. The van der Waals surface area contributed by atoms with Crippen LogP contribution in [0.4, 0.5) is 0 Å². The van der Waals surface area contributed by atoms with E-state index >= 15 is 0 Å². The van der Waals surface area contributed by atoms with Gasteiger partial charge in [-0.05, 0) is 45.8 Å². The van der Waals surface area contributed by atoms with E-state index in [1.165, 1.54) is 14.2 Å². The summed E-state index contributed by atoms with van der Waals surface area (Å²) in [5, 5.41) is 0. The van der Waals surface area contributed by atoms with Crippen LogP contribution in [-0.2, 0) is 11.3 Å². The monoisotopic (exact) mass is 393 g/mol. The number of nitrogens with two attached hydrogens (primary N) is 1. The van der Waals surface area contributed by atoms with Gasteiger partial charge in [0.05, 0.1) is 19.8 Å². The molecule has 0 heterocycles. The summed E-state index contributed by atoms with van der Waals surface area (Å²) in [7, 11) is 2.99. The molecule has 0 aliphatic rings. The second-order valence-electron chi connectivity index (χ2n) is 4.83. The first-order chi connectivity index (χ1) is 11.5. The van der Waals surface area contributed by atoms with Crippen LogP contribution in [0.15, 0.2) is 40.9 Å². The molecule has 0 aliphatic carbocycles. The van der Waals surface area contributed by atoms with Gasteiger partial charge in [0, 0.05) is 5.56 Å². The lowest BCUT2D eigenvalue weighted by atomic mass is 10.1. The maximum Gasteiger partial charge on any atom is 0.338 e. The number of hydrogen-bond acceptors (Lipinski definition) is 5. The number of rotatable bonds is 6. The highest BCUT2D eigenvalue weighted by atomic mass is 79.9. The number of amides is 1. The number of carbonyl (C=O) groups excluding carboxylic acids is 2. The van der Waals surface area contributed by atoms with Crippen molar-refractivity contribution in [2.75, 3.05) is 14.2 Å². The molecular formula is C17H16BrNO5. The number of ether oxygens (including phenoxy) is 3. The molecule has 2 aromatic carbocycles. The van der Waals surface area contributed by atoms with Crippen LogP contribution < -0.4 is 15.2 Å². The molecule has 0 bridgehead atoms. The lowest BCUT2D eigenvalue weighted by Crippen LogP contribution is -2.11. The molecule has 6 nitrogen and oxygen atoms in total. The highest BCUT2D eigenvalue weighted by Crippen LogP contribution is 2.35. The first-order valence-corrected chi connectivity index (χ1v) is 7.73. The van der Waals surface area contributed by atoms with Crippen LogP contribution in [0.2, 0.25) is 0 Å². The molecule has 2 aromatic rings. The Balaban J connectivity index is 2.11. The molecule has 2 N–H and O–H groups in total. The molecule has 0 radical (unpaired) electrons. The molecular weight excluding hydrogens is 378 g/mol. The van der Waals surface area contributed by atoms with E-state index in [0.29, 0.717) is 27.1 Å². The van der Waals surface area contributed by atoms with E-state index in [-0.39, 0.29) is 6.61 Å². The molecule has 0 fully saturated rings. The van der Waals surface area contributed by atoms with E-state index in [1.807, 2.05) is 0 Å². The Bertz CT molecular complexity index is 733. The van der Waals surface area contributed by atoms with Gasteiger partial charge in [-0.1, -0.05) is 12.1 Å². The van der Waals surface area contributed by atoms with Crippen LogP contribution in [-0.4, -0.2) is 26.1 Å². The third kappa shape index (κ3) is 4.05. The molecule has 0 aromatic heterocycles. The van der Waals surface area contributed by atoms with Crippen molar-refractivity contribution in [1.82, 2.24) is 0 Å². The number of halogens is 1. The van der Waals surface area contributed by atoms with Gasteiger partial charge in [-0.2, -0.15) is 0 Å². The largest absolute Gasteiger partial charge is 0.495 e. The number of primary amides is 1. The number of esters is 1. The van der Waals surface area contributed by atoms with Crippen molar-refractivity contribution in [1.29, 1.82) is 0 Å². The first-order valence-electron chi connectivity index (χ1n) is 6.93. The van der Waals surface area contributed by atoms with Gasteiger partial charge in [0.15, 0.2) is 0 Å². The number of carbonyl (C=O) groups is 2. The highest BCUT2D eigenvalue weighted by Gasteiger charge is 2.15. The number of benzene rings is 2. The summed E-state index contributed by atoms with van der Waals surface area (Å²) < 4.78 is 16.3. The summed E-state index contributed by atoms with van der Waals surface area (Å²) in [5.41, 5.74) is 6.62. The van der Waals surface area contributed by atoms with Gasteiger partial charge in [0.25, 0.3) is 0 Å². The summed E-state index contributed by atoms with van der Waals surface area (Å²) in [6.45, 7) is 0.0680. The molecule has 0 saturated carbocycles. The molecule has 24 heavy (non-hydrogen) atoms. The molecule has 0 saturated heterocycles. The predicted octanol–water partition coefficient (Wildman–Crippen LogP) is 2.92. The normalized spacial score (nSPS) is 10.1. The van der Waals surface area contributed by atoms with E-state index in [2.05, 4.69) is 15.9 Å². The second-order valence-corrected chi connectivity index (χ2v) is 5.63. The van der Waals surface area contributed by atoms with E-state index in [4.69, 9.17) is 19.9 Å². The van der Waals surface area contributed by atoms with Crippen LogP contribution >= 0.6 is 15.9 Å². The van der Waals surface area contributed by atoms with Crippen molar-refractivity contribution >= 4 is 27.8 Å². The van der Waals surface area contributed by atoms with Crippen LogP contribution in [0, 0.1) is 0 Å². The molecule has 0 aliphatic heterocycles. The Hall–Kier alpha value is -2.54. The van der Waals surface area contributed by atoms with Crippen LogP contribution in [0.1, 0.15) is 26.3 Å². The summed E-state index contributed by atoms with van der Waals surface area (Å²) >= 11 is 3.34. The van der Waals surface area contributed by atoms with Crippen molar-refractivity contribution in [2.24, 2.45) is 5.73 Å². The maximum atomic E-state index is 12.2. The van der Waals surface area contributed by atoms with Crippen LogP contribution in [0.3, 0.4) is 0 Å². The summed E-state index contributed by atoms with van der Waals surface area (Å²) in [4.78, 5) is 23.2. The summed E-state index contributed by atoms with van der Waals surface area (Å²) in [6, 6.07) is 9.64. The minimum atomic E-state index is -0.516. The van der Waals surface area contributed by atoms with Crippen molar-refractivity contribution in [3.8, 4) is 11.5 Å². The van der Waals surface area contributed by atoms with Crippen molar-refractivity contribution < 1.29 is 23.8 Å². The van der Waals surface area contributed by atoms with Crippen molar-refractivity contribution in [3.63, 3.8) is 0 Å². The summed E-state index contributed by atoms with van der Waals surface area (Å²) in [6.07, 6.45) is 0. The Labute approximate surface area is 147 Å². The van der Waals surface area contributed by atoms with Crippen molar-refractivity contribution in [3.05, 3.63) is 57.6 Å². The van der Waals surface area contributed by atoms with Gasteiger partial charge in [0.2, 0.25) is 5.91 Å². The molecule has 0 atom stereocenters. The number of methoxy groups -OCH3 is 2. The third-order valence-corrected chi connectivity index (χ3v) is 4.07. The minimum absolute atomic E-state index is 0.0680. The predicted molar refractivity (Wildman–Crippen MR) is 91.3 cm³/mol. The fraction of sp³-hybridized carbons (Fsp3) is 0.176. The first kappa shape index (κ1) is 17.8. The van der Waals surface area contributed by atoms with E-state index in [9.17, 15) is 9.59 Å². The van der Waals surface area contributed by atoms with Crippen molar-refractivity contribution in [2.45, 2.75) is 6.61 Å². The molecule has 126 valence electrons. The zero-order valence-corrected chi connectivity index (χ0v) is 14.8. The van der Waals surface area contributed by atoms with Gasteiger partial charge in [-0.3, -0.25) is 4.79 Å². The van der Waals surface area contributed by atoms with Gasteiger partial charge in [0.1, 0.15) is 22.6 Å².